The average Bonchev–Trinajstić information content (AvgIpc) is 3.52. The van der Waals surface area contributed by atoms with Gasteiger partial charge >= 0.3 is 0 Å². The van der Waals surface area contributed by atoms with Crippen LogP contribution in [0.15, 0.2) is 150 Å². The van der Waals surface area contributed by atoms with Crippen molar-refractivity contribution in [3.05, 3.63) is 157 Å². The van der Waals surface area contributed by atoms with Gasteiger partial charge in [0.25, 0.3) is 0 Å². The van der Waals surface area contributed by atoms with Crippen LogP contribution < -0.4 is 0 Å². The molecule has 0 unspecified atom stereocenters. The maximum Gasteiger partial charge on any atom is 0.136 e. The van der Waals surface area contributed by atoms with Gasteiger partial charge < -0.3 is 4.42 Å². The molecular weight excluding hydrogens is 508 g/mol. The third-order valence-corrected chi connectivity index (χ3v) is 8.45. The lowest BCUT2D eigenvalue weighted by atomic mass is 9.84. The standard InChI is InChI=1S/C41H26O/c1-2-13-28-25-39-37(23-27(28)12-1)40-29(15-10-22-38(40)42-39)24-36-31-17-5-7-19-34(31)41(35-20-8-6-18-32(35)36)33-21-9-14-26-11-3-4-16-30(26)33/h1-23,25H,24H2/i1D,2D,12D,13D,23D,25D. The van der Waals surface area contributed by atoms with E-state index in [-0.39, 0.29) is 40.5 Å². The molecule has 0 saturated heterocycles. The van der Waals surface area contributed by atoms with Crippen molar-refractivity contribution in [2.75, 3.05) is 0 Å². The van der Waals surface area contributed by atoms with E-state index in [2.05, 4.69) is 91.0 Å². The first-order chi connectivity index (χ1) is 23.3. The van der Waals surface area contributed by atoms with Gasteiger partial charge in [-0.1, -0.05) is 127 Å². The second kappa shape index (κ2) is 9.06. The van der Waals surface area contributed by atoms with Gasteiger partial charge in [-0.3, -0.25) is 0 Å². The van der Waals surface area contributed by atoms with Crippen molar-refractivity contribution in [2.24, 2.45) is 0 Å². The van der Waals surface area contributed by atoms with Crippen LogP contribution in [0.4, 0.5) is 0 Å². The van der Waals surface area contributed by atoms with Gasteiger partial charge in [-0.15, -0.1) is 0 Å². The van der Waals surface area contributed by atoms with Gasteiger partial charge in [-0.05, 0) is 89.9 Å². The first-order valence-corrected chi connectivity index (χ1v) is 14.1. The smallest absolute Gasteiger partial charge is 0.136 e. The number of rotatable bonds is 3. The maximum absolute atomic E-state index is 9.27. The molecule has 0 aliphatic heterocycles. The molecule has 0 spiro atoms. The first-order valence-electron chi connectivity index (χ1n) is 17.1. The van der Waals surface area contributed by atoms with E-state index < -0.39 is 12.1 Å². The summed E-state index contributed by atoms with van der Waals surface area (Å²) in [6.07, 6.45) is 0.514. The molecule has 0 fully saturated rings. The van der Waals surface area contributed by atoms with Crippen LogP contribution in [-0.4, -0.2) is 0 Å². The monoisotopic (exact) mass is 540 g/mol. The molecule has 0 N–H and O–H groups in total. The summed E-state index contributed by atoms with van der Waals surface area (Å²) >= 11 is 0. The topological polar surface area (TPSA) is 13.1 Å². The van der Waals surface area contributed by atoms with E-state index in [1.165, 1.54) is 21.9 Å². The van der Waals surface area contributed by atoms with Crippen LogP contribution in [0.25, 0.3) is 76.2 Å². The van der Waals surface area contributed by atoms with Crippen LogP contribution in [0.1, 0.15) is 19.4 Å². The van der Waals surface area contributed by atoms with Gasteiger partial charge in [0.2, 0.25) is 0 Å². The zero-order valence-corrected chi connectivity index (χ0v) is 22.5. The fourth-order valence-corrected chi connectivity index (χ4v) is 6.65. The molecule has 0 radical (unpaired) electrons. The Morgan fingerprint density at radius 2 is 1.12 bits per heavy atom. The highest BCUT2D eigenvalue weighted by molar-refractivity contribution is 6.19. The second-order valence-electron chi connectivity index (χ2n) is 10.7. The lowest BCUT2D eigenvalue weighted by Gasteiger charge is -2.19. The maximum atomic E-state index is 9.27. The van der Waals surface area contributed by atoms with E-state index in [4.69, 9.17) is 11.3 Å². The summed E-state index contributed by atoms with van der Waals surface area (Å²) in [5.74, 6) is 0. The van der Waals surface area contributed by atoms with Crippen LogP contribution in [-0.2, 0) is 6.42 Å². The van der Waals surface area contributed by atoms with Crippen molar-refractivity contribution in [2.45, 2.75) is 6.42 Å². The van der Waals surface area contributed by atoms with Crippen molar-refractivity contribution in [1.29, 1.82) is 0 Å². The van der Waals surface area contributed by atoms with Gasteiger partial charge in [0.15, 0.2) is 0 Å². The van der Waals surface area contributed by atoms with E-state index in [1.54, 1.807) is 0 Å². The quantitative estimate of drug-likeness (QED) is 0.203. The SMILES string of the molecule is [2H]c1c([2H])c([2H])c2c([2H])c3c(oc4cccc(Cc5c6ccccc6c(-c6cccc7ccccc67)c6ccccc56)c43)c([2H])c2c1[2H]. The van der Waals surface area contributed by atoms with Gasteiger partial charge in [-0.2, -0.15) is 0 Å². The third kappa shape index (κ3) is 3.44. The third-order valence-electron chi connectivity index (χ3n) is 8.45. The van der Waals surface area contributed by atoms with Crippen LogP contribution in [0.2, 0.25) is 0 Å². The Morgan fingerprint density at radius 3 is 1.88 bits per heavy atom. The molecule has 42 heavy (non-hydrogen) atoms. The van der Waals surface area contributed by atoms with E-state index in [0.29, 0.717) is 22.8 Å². The van der Waals surface area contributed by atoms with Crippen LogP contribution >= 0.6 is 0 Å². The highest BCUT2D eigenvalue weighted by Gasteiger charge is 2.19. The first kappa shape index (κ1) is 18.1. The minimum Gasteiger partial charge on any atom is -0.456 e. The van der Waals surface area contributed by atoms with E-state index in [9.17, 15) is 1.37 Å². The number of hydrogen-bond acceptors (Lipinski definition) is 1. The summed E-state index contributed by atoms with van der Waals surface area (Å²) in [5, 5.41) is 8.01. The van der Waals surface area contributed by atoms with E-state index in [0.717, 1.165) is 32.7 Å². The number of benzene rings is 8. The molecule has 0 saturated carbocycles. The van der Waals surface area contributed by atoms with Crippen LogP contribution in [0.5, 0.6) is 0 Å². The van der Waals surface area contributed by atoms with Crippen molar-refractivity contribution in [3.8, 4) is 11.1 Å². The fraction of sp³-hybridized carbons (Fsp3) is 0.0244. The van der Waals surface area contributed by atoms with Crippen molar-refractivity contribution < 1.29 is 12.6 Å². The Bertz CT molecular complexity index is 2770. The summed E-state index contributed by atoms with van der Waals surface area (Å²) in [5.41, 5.74) is 5.06. The van der Waals surface area contributed by atoms with E-state index >= 15 is 0 Å². The van der Waals surface area contributed by atoms with Crippen molar-refractivity contribution in [1.82, 2.24) is 0 Å². The Kier molecular flexibility index (Phi) is 3.91. The molecule has 0 bridgehead atoms. The molecule has 0 aliphatic carbocycles. The molecule has 9 rings (SSSR count). The average molecular weight is 541 g/mol. The Balaban J connectivity index is 1.36. The number of fused-ring (bicyclic) bond motifs is 7. The zero-order valence-electron chi connectivity index (χ0n) is 28.5. The molecule has 196 valence electrons. The van der Waals surface area contributed by atoms with Gasteiger partial charge in [0.05, 0.1) is 8.22 Å². The normalized spacial score (nSPS) is 13.9. The molecule has 0 aliphatic rings. The minimum absolute atomic E-state index is 0.000110. The van der Waals surface area contributed by atoms with Crippen molar-refractivity contribution in [3.63, 3.8) is 0 Å². The highest BCUT2D eigenvalue weighted by Crippen LogP contribution is 2.43. The highest BCUT2D eigenvalue weighted by atomic mass is 16.3. The predicted molar refractivity (Wildman–Crippen MR) is 178 cm³/mol. The second-order valence-corrected chi connectivity index (χ2v) is 10.7. The summed E-state index contributed by atoms with van der Waals surface area (Å²) in [6, 6.07) is 36.0. The largest absolute Gasteiger partial charge is 0.456 e. The lowest BCUT2D eigenvalue weighted by molar-refractivity contribution is 0.669. The molecule has 0 atom stereocenters. The molecule has 0 amide bonds. The predicted octanol–water partition coefficient (Wildman–Crippen LogP) is 11.5. The number of furan rings is 1. The Morgan fingerprint density at radius 1 is 0.500 bits per heavy atom. The summed E-state index contributed by atoms with van der Waals surface area (Å²) in [6.45, 7) is 0. The molecule has 8 aromatic carbocycles. The molecule has 1 nitrogen and oxygen atoms in total. The molecule has 1 heteroatoms. The van der Waals surface area contributed by atoms with Gasteiger partial charge in [-0.25, -0.2) is 0 Å². The summed E-state index contributed by atoms with van der Waals surface area (Å²) in [4.78, 5) is 0. The fourth-order valence-electron chi connectivity index (χ4n) is 6.65. The Labute approximate surface area is 251 Å². The molecule has 1 aromatic heterocycles. The Hall–Kier alpha value is -5.40. The summed E-state index contributed by atoms with van der Waals surface area (Å²) in [7, 11) is 0. The summed E-state index contributed by atoms with van der Waals surface area (Å²) < 4.78 is 58.1. The number of hydrogen-bond donors (Lipinski definition) is 0. The van der Waals surface area contributed by atoms with Gasteiger partial charge in [0.1, 0.15) is 11.2 Å². The van der Waals surface area contributed by atoms with Gasteiger partial charge in [0, 0.05) is 10.8 Å². The molecule has 1 heterocycles. The molecular formula is C41H26O. The van der Waals surface area contributed by atoms with E-state index in [1.807, 2.05) is 18.2 Å². The minimum atomic E-state index is -0.428. The molecule has 9 aromatic rings. The van der Waals surface area contributed by atoms with Crippen LogP contribution in [0, 0.1) is 0 Å². The van der Waals surface area contributed by atoms with Crippen LogP contribution in [0.3, 0.4) is 0 Å². The zero-order chi connectivity index (χ0) is 32.8. The van der Waals surface area contributed by atoms with Crippen molar-refractivity contribution >= 4 is 65.0 Å². The lowest BCUT2D eigenvalue weighted by Crippen LogP contribution is -1.96.